The fraction of sp³-hybridized carbons (Fsp3) is 0.108. The lowest BCUT2D eigenvalue weighted by atomic mass is 10.0. The van der Waals surface area contributed by atoms with Crippen LogP contribution in [-0.4, -0.2) is 24.1 Å². The summed E-state index contributed by atoms with van der Waals surface area (Å²) in [5.41, 5.74) is 10.7. The highest BCUT2D eigenvalue weighted by Gasteiger charge is 2.21. The molecule has 0 aliphatic rings. The topological polar surface area (TPSA) is 48.5 Å². The maximum Gasteiger partial charge on any atom is 0.237 e. The van der Waals surface area contributed by atoms with Gasteiger partial charge in [0, 0.05) is 33.3 Å². The van der Waals surface area contributed by atoms with E-state index < -0.39 is 0 Å². The molecule has 4 aromatic carbocycles. The fourth-order valence-corrected chi connectivity index (χ4v) is 6.38. The average Bonchev–Trinajstić information content (AvgIpc) is 3.55. The zero-order chi connectivity index (χ0) is 28.5. The second kappa shape index (κ2) is 9.11. The van der Waals surface area contributed by atoms with Gasteiger partial charge in [0.05, 0.1) is 33.5 Å². The van der Waals surface area contributed by atoms with Crippen LogP contribution >= 0.6 is 0 Å². The van der Waals surface area contributed by atoms with E-state index in [2.05, 4.69) is 140 Å². The summed E-state index contributed by atoms with van der Waals surface area (Å²) in [5, 5.41) is 4.75. The number of para-hydroxylation sites is 4. The molecule has 42 heavy (non-hydrogen) atoms. The first-order chi connectivity index (χ1) is 20.5. The highest BCUT2D eigenvalue weighted by Crippen LogP contribution is 2.35. The fourth-order valence-electron chi connectivity index (χ4n) is 6.38. The van der Waals surface area contributed by atoms with Gasteiger partial charge >= 0.3 is 0 Å². The van der Waals surface area contributed by atoms with Crippen molar-refractivity contribution in [3.05, 3.63) is 126 Å². The maximum atomic E-state index is 5.32. The van der Waals surface area contributed by atoms with Gasteiger partial charge in [-0.05, 0) is 68.7 Å². The largest absolute Gasteiger partial charge is 0.294 e. The first kappa shape index (κ1) is 24.5. The molecule has 0 saturated carbocycles. The predicted molar refractivity (Wildman–Crippen MR) is 173 cm³/mol. The first-order valence-corrected chi connectivity index (χ1v) is 14.3. The third kappa shape index (κ3) is 3.46. The highest BCUT2D eigenvalue weighted by atomic mass is 15.2. The lowest BCUT2D eigenvalue weighted by Crippen LogP contribution is -2.09. The molecule has 5 heteroatoms. The number of pyridine rings is 1. The molecule has 202 valence electrons. The lowest BCUT2D eigenvalue weighted by Gasteiger charge is -2.16. The van der Waals surface area contributed by atoms with E-state index in [1.807, 2.05) is 0 Å². The Morgan fingerprint density at radius 1 is 0.452 bits per heavy atom. The number of aryl methyl sites for hydroxylation is 1. The van der Waals surface area contributed by atoms with Crippen LogP contribution in [0.2, 0.25) is 0 Å². The zero-order valence-corrected chi connectivity index (χ0v) is 24.1. The second-order valence-electron chi connectivity index (χ2n) is 11.1. The minimum absolute atomic E-state index is 0.624. The molecule has 0 radical (unpaired) electrons. The minimum atomic E-state index is 0.624. The van der Waals surface area contributed by atoms with Crippen LogP contribution in [0.4, 0.5) is 0 Å². The van der Waals surface area contributed by atoms with Crippen LogP contribution in [0.1, 0.15) is 22.4 Å². The molecule has 0 unspecified atom stereocenters. The standard InChI is InChI=1S/C37H29N5/c1-22-23(2)25(4)38-36(24(22)3)30-21-35(41-31-17-9-5-13-26(31)27-14-6-10-18-32(27)41)40-37(39-30)42-33-19-11-7-15-28(33)29-16-8-12-20-34(29)42/h5-21H,1-4H3. The van der Waals surface area contributed by atoms with Gasteiger partial charge in [-0.2, -0.15) is 4.98 Å². The third-order valence-corrected chi connectivity index (χ3v) is 8.84. The quantitative estimate of drug-likeness (QED) is 0.223. The molecule has 4 aromatic heterocycles. The molecular formula is C37H29N5. The Balaban J connectivity index is 1.52. The summed E-state index contributed by atoms with van der Waals surface area (Å²) in [5.74, 6) is 1.44. The Labute approximate surface area is 243 Å². The normalized spacial score (nSPS) is 11.8. The average molecular weight is 544 g/mol. The molecule has 5 nitrogen and oxygen atoms in total. The van der Waals surface area contributed by atoms with Crippen LogP contribution in [0.3, 0.4) is 0 Å². The molecule has 4 heterocycles. The summed E-state index contributed by atoms with van der Waals surface area (Å²) in [6, 6.07) is 36.1. The third-order valence-electron chi connectivity index (χ3n) is 8.84. The molecule has 0 bridgehead atoms. The number of hydrogen-bond acceptors (Lipinski definition) is 3. The van der Waals surface area contributed by atoms with Crippen molar-refractivity contribution in [1.82, 2.24) is 24.1 Å². The number of fused-ring (bicyclic) bond motifs is 6. The molecule has 0 saturated heterocycles. The molecule has 0 N–H and O–H groups in total. The Morgan fingerprint density at radius 3 is 1.40 bits per heavy atom. The summed E-state index contributed by atoms with van der Waals surface area (Å²) in [4.78, 5) is 15.7. The zero-order valence-electron chi connectivity index (χ0n) is 24.1. The van der Waals surface area contributed by atoms with Crippen LogP contribution in [-0.2, 0) is 0 Å². The highest BCUT2D eigenvalue weighted by molar-refractivity contribution is 6.10. The maximum absolute atomic E-state index is 5.32. The van der Waals surface area contributed by atoms with Gasteiger partial charge in [-0.25, -0.2) is 4.98 Å². The van der Waals surface area contributed by atoms with E-state index in [4.69, 9.17) is 15.0 Å². The van der Waals surface area contributed by atoms with E-state index in [1.54, 1.807) is 0 Å². The van der Waals surface area contributed by atoms with Gasteiger partial charge in [0.25, 0.3) is 0 Å². The Bertz CT molecular complexity index is 2120. The van der Waals surface area contributed by atoms with E-state index in [-0.39, 0.29) is 0 Å². The Hall–Kier alpha value is -5.29. The molecule has 0 aliphatic heterocycles. The summed E-state index contributed by atoms with van der Waals surface area (Å²) < 4.78 is 4.45. The van der Waals surface area contributed by atoms with Gasteiger partial charge in [-0.1, -0.05) is 72.8 Å². The summed E-state index contributed by atoms with van der Waals surface area (Å²) >= 11 is 0. The van der Waals surface area contributed by atoms with Crippen molar-refractivity contribution in [2.24, 2.45) is 0 Å². The monoisotopic (exact) mass is 543 g/mol. The van der Waals surface area contributed by atoms with Gasteiger partial charge in [0.15, 0.2) is 0 Å². The van der Waals surface area contributed by atoms with E-state index >= 15 is 0 Å². The Morgan fingerprint density at radius 2 is 0.905 bits per heavy atom. The van der Waals surface area contributed by atoms with Crippen LogP contribution < -0.4 is 0 Å². The number of rotatable bonds is 3. The van der Waals surface area contributed by atoms with E-state index in [1.165, 1.54) is 32.7 Å². The Kier molecular flexibility index (Phi) is 5.32. The van der Waals surface area contributed by atoms with Crippen molar-refractivity contribution in [1.29, 1.82) is 0 Å². The van der Waals surface area contributed by atoms with E-state index in [0.717, 1.165) is 50.5 Å². The van der Waals surface area contributed by atoms with Crippen molar-refractivity contribution in [2.75, 3.05) is 0 Å². The number of hydrogen-bond donors (Lipinski definition) is 0. The molecule has 8 aromatic rings. The molecular weight excluding hydrogens is 514 g/mol. The molecule has 8 rings (SSSR count). The SMILES string of the molecule is Cc1nc(-c2cc(-n3c4ccccc4c4ccccc43)nc(-n3c4ccccc4c4ccccc43)n2)c(C)c(C)c1C. The lowest BCUT2D eigenvalue weighted by molar-refractivity contribution is 0.945. The van der Waals surface area contributed by atoms with Crippen LogP contribution in [0, 0.1) is 27.7 Å². The van der Waals surface area contributed by atoms with Gasteiger partial charge in [0.2, 0.25) is 5.95 Å². The second-order valence-corrected chi connectivity index (χ2v) is 11.1. The van der Waals surface area contributed by atoms with Crippen molar-refractivity contribution < 1.29 is 0 Å². The predicted octanol–water partition coefficient (Wildman–Crippen LogP) is 8.97. The number of benzene rings is 4. The van der Waals surface area contributed by atoms with Crippen LogP contribution in [0.5, 0.6) is 0 Å². The van der Waals surface area contributed by atoms with Crippen molar-refractivity contribution in [3.8, 4) is 23.2 Å². The van der Waals surface area contributed by atoms with Crippen molar-refractivity contribution >= 4 is 43.6 Å². The van der Waals surface area contributed by atoms with Gasteiger partial charge in [0.1, 0.15) is 5.82 Å². The molecule has 0 atom stereocenters. The van der Waals surface area contributed by atoms with Crippen molar-refractivity contribution in [3.63, 3.8) is 0 Å². The molecule has 0 aliphatic carbocycles. The smallest absolute Gasteiger partial charge is 0.237 e. The molecule has 0 amide bonds. The summed E-state index contributed by atoms with van der Waals surface area (Å²) in [6.07, 6.45) is 0. The number of aromatic nitrogens is 5. The first-order valence-electron chi connectivity index (χ1n) is 14.3. The summed E-state index contributed by atoms with van der Waals surface area (Å²) in [7, 11) is 0. The minimum Gasteiger partial charge on any atom is -0.294 e. The van der Waals surface area contributed by atoms with Crippen LogP contribution in [0.25, 0.3) is 66.8 Å². The van der Waals surface area contributed by atoms with Gasteiger partial charge in [-0.3, -0.25) is 14.1 Å². The molecule has 0 fully saturated rings. The van der Waals surface area contributed by atoms with Gasteiger partial charge in [-0.15, -0.1) is 0 Å². The van der Waals surface area contributed by atoms with Gasteiger partial charge < -0.3 is 0 Å². The summed E-state index contributed by atoms with van der Waals surface area (Å²) in [6.45, 7) is 8.54. The van der Waals surface area contributed by atoms with Crippen molar-refractivity contribution in [2.45, 2.75) is 27.7 Å². The van der Waals surface area contributed by atoms with E-state index in [0.29, 0.717) is 5.95 Å². The van der Waals surface area contributed by atoms with E-state index in [9.17, 15) is 0 Å². The van der Waals surface area contributed by atoms with Crippen LogP contribution in [0.15, 0.2) is 103 Å². The molecule has 0 spiro atoms. The number of nitrogens with zero attached hydrogens (tertiary/aromatic N) is 5.